The lowest BCUT2D eigenvalue weighted by Gasteiger charge is -2.13. The number of nitrogens with zero attached hydrogens (tertiary/aromatic N) is 4. The standard InChI is InChI=1S/C19H14N4O/c24-23(16-11-5-2-6-12-16)19(15-9-3-1-4-10-15)22-18-14-8-7-13-17(18)20-21-22/h1-14H/b23-19+. The van der Waals surface area contributed by atoms with Gasteiger partial charge in [0.1, 0.15) is 11.2 Å². The van der Waals surface area contributed by atoms with Gasteiger partial charge in [0.2, 0.25) is 0 Å². The fourth-order valence-corrected chi connectivity index (χ4v) is 2.62. The van der Waals surface area contributed by atoms with Gasteiger partial charge in [0.05, 0.1) is 5.56 Å². The lowest BCUT2D eigenvalue weighted by Crippen LogP contribution is -2.23. The zero-order valence-corrected chi connectivity index (χ0v) is 12.8. The number of fused-ring (bicyclic) bond motifs is 1. The molecule has 0 radical (unpaired) electrons. The Morgan fingerprint density at radius 3 is 2.17 bits per heavy atom. The summed E-state index contributed by atoms with van der Waals surface area (Å²) in [7, 11) is 0. The van der Waals surface area contributed by atoms with E-state index in [-0.39, 0.29) is 0 Å². The van der Waals surface area contributed by atoms with Crippen molar-refractivity contribution in [1.29, 1.82) is 0 Å². The Hall–Kier alpha value is -3.47. The molecule has 1 heterocycles. The lowest BCUT2D eigenvalue weighted by atomic mass is 10.2. The molecule has 0 fully saturated rings. The Bertz CT molecular complexity index is 1010. The minimum absolute atomic E-state index is 0.413. The SMILES string of the molecule is [O-]/[N+](=C(\c1ccccc1)n1nnc2ccccc21)c1ccccc1. The molecule has 0 aliphatic carbocycles. The molecule has 0 aliphatic heterocycles. The molecule has 5 heteroatoms. The maximum atomic E-state index is 13.1. The molecular formula is C19H14N4O. The first kappa shape index (κ1) is 14.1. The van der Waals surface area contributed by atoms with Crippen LogP contribution in [-0.4, -0.2) is 25.6 Å². The van der Waals surface area contributed by atoms with Gasteiger partial charge >= 0.3 is 5.84 Å². The molecule has 4 aromatic rings. The van der Waals surface area contributed by atoms with Crippen LogP contribution < -0.4 is 0 Å². The Morgan fingerprint density at radius 1 is 0.792 bits per heavy atom. The van der Waals surface area contributed by atoms with Gasteiger partial charge in [-0.25, -0.2) is 4.74 Å². The maximum absolute atomic E-state index is 13.1. The van der Waals surface area contributed by atoms with Crippen molar-refractivity contribution < 1.29 is 4.74 Å². The van der Waals surface area contributed by atoms with Crippen molar-refractivity contribution in [3.05, 3.63) is 95.7 Å². The molecule has 0 unspecified atom stereocenters. The molecule has 0 amide bonds. The third-order valence-electron chi connectivity index (χ3n) is 3.77. The molecule has 1 aromatic heterocycles. The van der Waals surface area contributed by atoms with Crippen LogP contribution in [0.15, 0.2) is 84.9 Å². The van der Waals surface area contributed by atoms with Crippen molar-refractivity contribution in [1.82, 2.24) is 15.0 Å². The quantitative estimate of drug-likeness (QED) is 0.187. The van der Waals surface area contributed by atoms with Gasteiger partial charge < -0.3 is 5.21 Å². The van der Waals surface area contributed by atoms with Gasteiger partial charge in [-0.15, -0.1) is 5.10 Å². The largest absolute Gasteiger partial charge is 0.710 e. The second kappa shape index (κ2) is 5.96. The minimum Gasteiger partial charge on any atom is -0.710 e. The van der Waals surface area contributed by atoms with E-state index in [4.69, 9.17) is 0 Å². The van der Waals surface area contributed by atoms with Gasteiger partial charge in [-0.2, -0.15) is 0 Å². The number of aromatic nitrogens is 3. The Kier molecular flexibility index (Phi) is 3.51. The zero-order chi connectivity index (χ0) is 16.4. The summed E-state index contributed by atoms with van der Waals surface area (Å²) in [5, 5.41) is 21.5. The topological polar surface area (TPSA) is 56.8 Å². The van der Waals surface area contributed by atoms with E-state index in [1.54, 1.807) is 16.8 Å². The second-order valence-corrected chi connectivity index (χ2v) is 5.31. The summed E-state index contributed by atoms with van der Waals surface area (Å²) in [6.45, 7) is 0. The molecule has 116 valence electrons. The highest BCUT2D eigenvalue weighted by atomic mass is 16.5. The van der Waals surface area contributed by atoms with Crippen molar-refractivity contribution in [2.45, 2.75) is 0 Å². The van der Waals surface area contributed by atoms with Crippen LogP contribution >= 0.6 is 0 Å². The predicted octanol–water partition coefficient (Wildman–Crippen LogP) is 3.57. The number of hydrogen-bond donors (Lipinski definition) is 0. The molecular weight excluding hydrogens is 300 g/mol. The summed E-state index contributed by atoms with van der Waals surface area (Å²) in [4.78, 5) is 0. The van der Waals surface area contributed by atoms with E-state index in [9.17, 15) is 5.21 Å². The fraction of sp³-hybridized carbons (Fsp3) is 0. The minimum atomic E-state index is 0.413. The van der Waals surface area contributed by atoms with Crippen LogP contribution in [0.3, 0.4) is 0 Å². The Balaban J connectivity index is 2.02. The molecule has 0 bridgehead atoms. The Morgan fingerprint density at radius 2 is 1.42 bits per heavy atom. The van der Waals surface area contributed by atoms with Crippen molar-refractivity contribution in [2.75, 3.05) is 0 Å². The first-order valence-corrected chi connectivity index (χ1v) is 7.60. The fourth-order valence-electron chi connectivity index (χ4n) is 2.62. The van der Waals surface area contributed by atoms with Gasteiger partial charge in [-0.3, -0.25) is 0 Å². The first-order chi connectivity index (χ1) is 11.8. The Labute approximate surface area is 138 Å². The molecule has 0 N–H and O–H groups in total. The molecule has 0 saturated carbocycles. The summed E-state index contributed by atoms with van der Waals surface area (Å²) in [6.07, 6.45) is 0. The number of benzene rings is 3. The number of hydrogen-bond acceptors (Lipinski definition) is 3. The normalized spacial score (nSPS) is 12.2. The summed E-state index contributed by atoms with van der Waals surface area (Å²) >= 11 is 0. The van der Waals surface area contributed by atoms with Gasteiger partial charge in [0.15, 0.2) is 5.52 Å². The van der Waals surface area contributed by atoms with Crippen molar-refractivity contribution in [2.24, 2.45) is 0 Å². The molecule has 0 atom stereocenters. The van der Waals surface area contributed by atoms with E-state index in [0.29, 0.717) is 11.5 Å². The monoisotopic (exact) mass is 314 g/mol. The van der Waals surface area contributed by atoms with Crippen LogP contribution in [0.2, 0.25) is 0 Å². The first-order valence-electron chi connectivity index (χ1n) is 7.60. The predicted molar refractivity (Wildman–Crippen MR) is 93.2 cm³/mol. The average Bonchev–Trinajstić information content (AvgIpc) is 3.07. The maximum Gasteiger partial charge on any atom is 0.319 e. The van der Waals surface area contributed by atoms with Crippen LogP contribution in [0.5, 0.6) is 0 Å². The van der Waals surface area contributed by atoms with Gasteiger partial charge in [-0.05, 0) is 36.4 Å². The third-order valence-corrected chi connectivity index (χ3v) is 3.77. The van der Waals surface area contributed by atoms with E-state index in [0.717, 1.165) is 21.3 Å². The molecule has 0 aliphatic rings. The molecule has 0 saturated heterocycles. The highest BCUT2D eigenvalue weighted by Gasteiger charge is 2.22. The number of rotatable bonds is 2. The summed E-state index contributed by atoms with van der Waals surface area (Å²) in [6, 6.07) is 26.2. The van der Waals surface area contributed by atoms with Crippen LogP contribution in [0, 0.1) is 5.21 Å². The highest BCUT2D eigenvalue weighted by molar-refractivity contribution is 6.01. The average molecular weight is 314 g/mol. The molecule has 0 spiro atoms. The number of para-hydroxylation sites is 2. The van der Waals surface area contributed by atoms with Crippen molar-refractivity contribution in [3.8, 4) is 0 Å². The molecule has 24 heavy (non-hydrogen) atoms. The van der Waals surface area contributed by atoms with Crippen LogP contribution in [0.4, 0.5) is 5.69 Å². The van der Waals surface area contributed by atoms with Crippen LogP contribution in [0.25, 0.3) is 11.0 Å². The molecule has 5 nitrogen and oxygen atoms in total. The van der Waals surface area contributed by atoms with Gasteiger partial charge in [0, 0.05) is 5.21 Å². The summed E-state index contributed by atoms with van der Waals surface area (Å²) in [5.41, 5.74) is 2.84. The lowest BCUT2D eigenvalue weighted by molar-refractivity contribution is -0.363. The smallest absolute Gasteiger partial charge is 0.319 e. The van der Waals surface area contributed by atoms with Crippen LogP contribution in [-0.2, 0) is 0 Å². The van der Waals surface area contributed by atoms with E-state index in [1.165, 1.54) is 0 Å². The molecule has 3 aromatic carbocycles. The van der Waals surface area contributed by atoms with Crippen molar-refractivity contribution >= 4 is 22.6 Å². The van der Waals surface area contributed by atoms with Crippen molar-refractivity contribution in [3.63, 3.8) is 0 Å². The van der Waals surface area contributed by atoms with E-state index >= 15 is 0 Å². The summed E-state index contributed by atoms with van der Waals surface area (Å²) < 4.78 is 2.47. The summed E-state index contributed by atoms with van der Waals surface area (Å²) in [5.74, 6) is 0.413. The zero-order valence-electron chi connectivity index (χ0n) is 12.8. The highest BCUT2D eigenvalue weighted by Crippen LogP contribution is 2.17. The third kappa shape index (κ3) is 2.42. The van der Waals surface area contributed by atoms with E-state index in [2.05, 4.69) is 10.3 Å². The molecule has 4 rings (SSSR count). The van der Waals surface area contributed by atoms with E-state index < -0.39 is 0 Å². The van der Waals surface area contributed by atoms with E-state index in [1.807, 2.05) is 72.8 Å². The second-order valence-electron chi connectivity index (χ2n) is 5.31. The van der Waals surface area contributed by atoms with Crippen LogP contribution in [0.1, 0.15) is 5.56 Å². The van der Waals surface area contributed by atoms with Gasteiger partial charge in [-0.1, -0.05) is 53.2 Å². The van der Waals surface area contributed by atoms with Gasteiger partial charge in [0.25, 0.3) is 0 Å².